The molecule has 3 saturated heterocycles. The third-order valence-electron chi connectivity index (χ3n) is 6.94. The number of hydrogen-bond donors (Lipinski definition) is 2. The molecule has 1 aliphatic carbocycles. The second-order valence-electron chi connectivity index (χ2n) is 8.38. The maximum absolute atomic E-state index is 12.5. The monoisotopic (exact) mass is 351 g/mol. The van der Waals surface area contributed by atoms with Crippen molar-refractivity contribution in [3.8, 4) is 0 Å². The van der Waals surface area contributed by atoms with Crippen LogP contribution < -0.4 is 0 Å². The molecule has 0 radical (unpaired) electrons. The van der Waals surface area contributed by atoms with Gasteiger partial charge in [0.25, 0.3) is 0 Å². The van der Waals surface area contributed by atoms with E-state index in [0.717, 1.165) is 45.3 Å². The summed E-state index contributed by atoms with van der Waals surface area (Å²) in [4.78, 5) is 29.5. The van der Waals surface area contributed by atoms with Crippen molar-refractivity contribution >= 4 is 12.0 Å². The third kappa shape index (κ3) is 3.24. The van der Waals surface area contributed by atoms with E-state index in [9.17, 15) is 19.8 Å². The van der Waals surface area contributed by atoms with Crippen LogP contribution in [0.5, 0.6) is 0 Å². The van der Waals surface area contributed by atoms with Gasteiger partial charge in [0, 0.05) is 44.7 Å². The first kappa shape index (κ1) is 17.1. The van der Waals surface area contributed by atoms with Gasteiger partial charge < -0.3 is 24.9 Å². The van der Waals surface area contributed by atoms with Gasteiger partial charge in [-0.1, -0.05) is 0 Å². The average molecular weight is 351 g/mol. The highest BCUT2D eigenvalue weighted by Gasteiger charge is 2.51. The number of nitrogens with zero attached hydrogens (tertiary/aromatic N) is 3. The van der Waals surface area contributed by atoms with Crippen molar-refractivity contribution in [1.82, 2.24) is 14.7 Å². The number of carbonyl (C=O) groups excluding carboxylic acids is 1. The molecule has 2 N–H and O–H groups in total. The quantitative estimate of drug-likeness (QED) is 0.791. The fraction of sp³-hybridized carbons (Fsp3) is 0.889. The molecule has 3 atom stereocenters. The van der Waals surface area contributed by atoms with Gasteiger partial charge in [-0.15, -0.1) is 0 Å². The molecule has 0 aromatic heterocycles. The minimum atomic E-state index is -0.922. The zero-order valence-corrected chi connectivity index (χ0v) is 14.8. The molecule has 0 bridgehead atoms. The van der Waals surface area contributed by atoms with Crippen LogP contribution in [0.2, 0.25) is 0 Å². The number of carboxylic acid groups (broad SMARTS) is 1. The summed E-state index contributed by atoms with van der Waals surface area (Å²) in [5.41, 5.74) is 0.232. The van der Waals surface area contributed by atoms with Gasteiger partial charge in [0.1, 0.15) is 0 Å². The number of piperidine rings is 1. The zero-order chi connectivity index (χ0) is 17.6. The number of aliphatic hydroxyl groups is 1. The Bertz CT molecular complexity index is 550. The number of aliphatic hydroxyl groups excluding tert-OH is 1. The van der Waals surface area contributed by atoms with E-state index in [2.05, 4.69) is 4.90 Å². The van der Waals surface area contributed by atoms with Crippen molar-refractivity contribution in [3.05, 3.63) is 0 Å². The highest BCUT2D eigenvalue weighted by atomic mass is 16.4. The van der Waals surface area contributed by atoms with Crippen molar-refractivity contribution in [3.63, 3.8) is 0 Å². The number of fused-ring (bicyclic) bond motifs is 1. The lowest BCUT2D eigenvalue weighted by molar-refractivity contribution is -0.133. The first-order valence-electron chi connectivity index (χ1n) is 9.68. The summed E-state index contributed by atoms with van der Waals surface area (Å²) >= 11 is 0. The molecule has 2 amide bonds. The van der Waals surface area contributed by atoms with E-state index in [-0.39, 0.29) is 29.5 Å². The Morgan fingerprint density at radius 2 is 1.96 bits per heavy atom. The van der Waals surface area contributed by atoms with E-state index in [1.807, 2.05) is 4.90 Å². The Morgan fingerprint density at radius 1 is 1.16 bits per heavy atom. The van der Waals surface area contributed by atoms with Gasteiger partial charge in [-0.05, 0) is 50.5 Å². The molecule has 0 unspecified atom stereocenters. The molecule has 4 fully saturated rings. The number of rotatable bonds is 3. The Kier molecular flexibility index (Phi) is 4.40. The second-order valence-corrected chi connectivity index (χ2v) is 8.38. The van der Waals surface area contributed by atoms with Crippen LogP contribution in [-0.4, -0.2) is 87.8 Å². The van der Waals surface area contributed by atoms with Crippen molar-refractivity contribution < 1.29 is 19.8 Å². The summed E-state index contributed by atoms with van der Waals surface area (Å²) in [5.74, 6) is 0.104. The number of likely N-dealkylation sites (tertiary alicyclic amines) is 1. The SMILES string of the molecule is O=C(O)N1CCC(=O)N2[C@@H](CCN3CCC4(CC4)[C@H](O)C3)CC[C@H]2C1. The number of β-amino-alcohol motifs (C(OH)–C–C–N with tert-alkyl or cyclic N) is 1. The Hall–Kier alpha value is -1.34. The standard InChI is InChI=1S/C18H29N3O4/c22-15-12-19(10-7-18(15)5-6-18)8-3-13-1-2-14-11-20(17(24)25)9-4-16(23)21(13)14/h13-15,22H,1-12H2,(H,24,25)/t13-,14+,15-/m1/s1. The molecular formula is C18H29N3O4. The molecule has 7 heteroatoms. The molecule has 1 spiro atoms. The molecule has 4 rings (SSSR count). The minimum Gasteiger partial charge on any atom is -0.465 e. The van der Waals surface area contributed by atoms with Gasteiger partial charge >= 0.3 is 6.09 Å². The first-order valence-corrected chi connectivity index (χ1v) is 9.68. The van der Waals surface area contributed by atoms with Gasteiger partial charge in [0.2, 0.25) is 5.91 Å². The molecule has 7 nitrogen and oxygen atoms in total. The molecule has 25 heavy (non-hydrogen) atoms. The van der Waals surface area contributed by atoms with Crippen LogP contribution in [0.4, 0.5) is 4.79 Å². The molecule has 0 aromatic rings. The van der Waals surface area contributed by atoms with Crippen molar-refractivity contribution in [1.29, 1.82) is 0 Å². The molecule has 3 aliphatic heterocycles. The van der Waals surface area contributed by atoms with E-state index in [1.165, 1.54) is 17.7 Å². The smallest absolute Gasteiger partial charge is 0.407 e. The third-order valence-corrected chi connectivity index (χ3v) is 6.94. The van der Waals surface area contributed by atoms with Crippen LogP contribution in [0.3, 0.4) is 0 Å². The summed E-state index contributed by atoms with van der Waals surface area (Å²) in [6, 6.07) is 0.262. The molecule has 3 heterocycles. The fourth-order valence-electron chi connectivity index (χ4n) is 5.07. The lowest BCUT2D eigenvalue weighted by Gasteiger charge is -2.37. The normalized spacial score (nSPS) is 34.9. The number of hydrogen-bond acceptors (Lipinski definition) is 4. The van der Waals surface area contributed by atoms with E-state index >= 15 is 0 Å². The average Bonchev–Trinajstić information content (AvgIpc) is 3.28. The number of carbonyl (C=O) groups is 2. The van der Waals surface area contributed by atoms with E-state index in [4.69, 9.17) is 0 Å². The van der Waals surface area contributed by atoms with Gasteiger partial charge in [-0.3, -0.25) is 4.79 Å². The van der Waals surface area contributed by atoms with Crippen LogP contribution in [0.1, 0.15) is 44.9 Å². The van der Waals surface area contributed by atoms with Crippen LogP contribution in [0.25, 0.3) is 0 Å². The topological polar surface area (TPSA) is 84.3 Å². The largest absolute Gasteiger partial charge is 0.465 e. The molecule has 4 aliphatic rings. The van der Waals surface area contributed by atoms with Gasteiger partial charge in [0.15, 0.2) is 0 Å². The van der Waals surface area contributed by atoms with Crippen molar-refractivity contribution in [2.24, 2.45) is 5.41 Å². The Labute approximate surface area is 148 Å². The summed E-state index contributed by atoms with van der Waals surface area (Å²) in [5, 5.41) is 19.6. The lowest BCUT2D eigenvalue weighted by atomic mass is 9.90. The zero-order valence-electron chi connectivity index (χ0n) is 14.8. The minimum absolute atomic E-state index is 0.0396. The highest BCUT2D eigenvalue weighted by molar-refractivity contribution is 5.79. The maximum Gasteiger partial charge on any atom is 0.407 e. The molecule has 0 aromatic carbocycles. The maximum atomic E-state index is 12.5. The number of amides is 2. The van der Waals surface area contributed by atoms with E-state index in [0.29, 0.717) is 19.5 Å². The summed E-state index contributed by atoms with van der Waals surface area (Å²) in [7, 11) is 0. The predicted octanol–water partition coefficient (Wildman–Crippen LogP) is 0.967. The van der Waals surface area contributed by atoms with Crippen LogP contribution >= 0.6 is 0 Å². The van der Waals surface area contributed by atoms with Gasteiger partial charge in [0.05, 0.1) is 6.10 Å². The van der Waals surface area contributed by atoms with Crippen molar-refractivity contribution in [2.75, 3.05) is 32.7 Å². The van der Waals surface area contributed by atoms with E-state index < -0.39 is 6.09 Å². The lowest BCUT2D eigenvalue weighted by Crippen LogP contribution is -2.47. The van der Waals surface area contributed by atoms with Gasteiger partial charge in [-0.2, -0.15) is 0 Å². The van der Waals surface area contributed by atoms with E-state index in [1.54, 1.807) is 0 Å². The Balaban J connectivity index is 1.32. The highest BCUT2D eigenvalue weighted by Crippen LogP contribution is 2.53. The van der Waals surface area contributed by atoms with Crippen molar-refractivity contribution in [2.45, 2.75) is 63.1 Å². The molecule has 1 saturated carbocycles. The molecule has 140 valence electrons. The van der Waals surface area contributed by atoms with Crippen LogP contribution in [0, 0.1) is 5.41 Å². The predicted molar refractivity (Wildman–Crippen MR) is 91.2 cm³/mol. The second kappa shape index (κ2) is 6.43. The van der Waals surface area contributed by atoms with Crippen LogP contribution in [-0.2, 0) is 4.79 Å². The first-order chi connectivity index (χ1) is 12.0. The summed E-state index contributed by atoms with van der Waals surface area (Å²) in [6.07, 6.45) is 5.41. The fourth-order valence-corrected chi connectivity index (χ4v) is 5.07. The Morgan fingerprint density at radius 3 is 2.64 bits per heavy atom. The summed E-state index contributed by atoms with van der Waals surface area (Å²) in [6.45, 7) is 3.48. The van der Waals surface area contributed by atoms with Crippen LogP contribution in [0.15, 0.2) is 0 Å². The summed E-state index contributed by atoms with van der Waals surface area (Å²) < 4.78 is 0. The molecular weight excluding hydrogens is 322 g/mol. The van der Waals surface area contributed by atoms with Gasteiger partial charge in [-0.25, -0.2) is 4.79 Å².